The molecule has 0 amide bonds. The van der Waals surface area contributed by atoms with Gasteiger partial charge < -0.3 is 4.98 Å². The van der Waals surface area contributed by atoms with Crippen LogP contribution in [0.1, 0.15) is 25.1 Å². The number of rotatable bonds is 4. The Kier molecular flexibility index (Phi) is 4.13. The van der Waals surface area contributed by atoms with Gasteiger partial charge in [0.25, 0.3) is 0 Å². The van der Waals surface area contributed by atoms with E-state index in [-0.39, 0.29) is 5.41 Å². The van der Waals surface area contributed by atoms with E-state index in [1.807, 2.05) is 48.7 Å². The molecule has 128 valence electrons. The Morgan fingerprint density at radius 1 is 0.769 bits per heavy atom. The fraction of sp³-hybridized carbons (Fsp3) is 0.130. The number of benzene rings is 1. The summed E-state index contributed by atoms with van der Waals surface area (Å²) in [7, 11) is 0. The topological polar surface area (TPSA) is 41.6 Å². The van der Waals surface area contributed by atoms with E-state index in [0.29, 0.717) is 0 Å². The summed E-state index contributed by atoms with van der Waals surface area (Å²) in [6.45, 7) is 4.46. The number of H-pyrrole nitrogens is 1. The van der Waals surface area contributed by atoms with Crippen molar-refractivity contribution in [1.29, 1.82) is 0 Å². The van der Waals surface area contributed by atoms with Crippen molar-refractivity contribution in [2.75, 3.05) is 0 Å². The molecule has 1 N–H and O–H groups in total. The fourth-order valence-electron chi connectivity index (χ4n) is 3.19. The van der Waals surface area contributed by atoms with Crippen LogP contribution in [0.3, 0.4) is 0 Å². The number of aromatic amines is 1. The molecule has 4 rings (SSSR count). The summed E-state index contributed by atoms with van der Waals surface area (Å²) in [5.41, 5.74) is 6.19. The Hall–Kier alpha value is -3.20. The van der Waals surface area contributed by atoms with Gasteiger partial charge in [0.2, 0.25) is 0 Å². The third-order valence-electron chi connectivity index (χ3n) is 4.83. The lowest BCUT2D eigenvalue weighted by Gasteiger charge is -2.25. The maximum atomic E-state index is 4.83. The van der Waals surface area contributed by atoms with Crippen LogP contribution < -0.4 is 0 Å². The highest BCUT2D eigenvalue weighted by Crippen LogP contribution is 2.32. The van der Waals surface area contributed by atoms with Crippen LogP contribution in [0.25, 0.3) is 22.6 Å². The van der Waals surface area contributed by atoms with E-state index in [2.05, 4.69) is 54.1 Å². The van der Waals surface area contributed by atoms with Crippen LogP contribution in [0.2, 0.25) is 0 Å². The molecule has 4 aromatic rings. The fourth-order valence-corrected chi connectivity index (χ4v) is 3.19. The molecule has 3 aromatic heterocycles. The first-order valence-electron chi connectivity index (χ1n) is 8.78. The Morgan fingerprint density at radius 3 is 2.35 bits per heavy atom. The van der Waals surface area contributed by atoms with Crippen LogP contribution in [0.4, 0.5) is 0 Å². The molecule has 1 aromatic carbocycles. The van der Waals surface area contributed by atoms with Gasteiger partial charge in [-0.15, -0.1) is 0 Å². The molecule has 0 bridgehead atoms. The quantitative estimate of drug-likeness (QED) is 0.536. The maximum absolute atomic E-state index is 4.83. The first-order valence-corrected chi connectivity index (χ1v) is 8.78. The molecule has 3 nitrogen and oxygen atoms in total. The van der Waals surface area contributed by atoms with Gasteiger partial charge in [0.1, 0.15) is 0 Å². The normalized spacial score (nSPS) is 11.5. The summed E-state index contributed by atoms with van der Waals surface area (Å²) in [5.74, 6) is 0. The molecule has 0 aliphatic rings. The predicted octanol–water partition coefficient (Wildman–Crippen LogP) is 5.46. The minimum Gasteiger partial charge on any atom is -0.364 e. The molecule has 0 spiro atoms. The lowest BCUT2D eigenvalue weighted by atomic mass is 9.81. The summed E-state index contributed by atoms with van der Waals surface area (Å²) in [6, 6.07) is 24.8. The number of nitrogens with one attached hydrogen (secondary N) is 1. The van der Waals surface area contributed by atoms with Crippen molar-refractivity contribution in [2.45, 2.75) is 19.3 Å². The van der Waals surface area contributed by atoms with Crippen LogP contribution in [0.15, 0.2) is 85.2 Å². The Balaban J connectivity index is 1.74. The van der Waals surface area contributed by atoms with Crippen molar-refractivity contribution in [3.05, 3.63) is 96.4 Å². The van der Waals surface area contributed by atoms with Crippen molar-refractivity contribution in [3.63, 3.8) is 0 Å². The lowest BCUT2D eigenvalue weighted by Crippen LogP contribution is -2.19. The minimum absolute atomic E-state index is 0.0991. The molecule has 0 radical (unpaired) electrons. The molecule has 0 aliphatic heterocycles. The van der Waals surface area contributed by atoms with Gasteiger partial charge in [0, 0.05) is 29.1 Å². The van der Waals surface area contributed by atoms with E-state index in [1.165, 1.54) is 11.3 Å². The molecule has 0 atom stereocenters. The van der Waals surface area contributed by atoms with E-state index >= 15 is 0 Å². The highest BCUT2D eigenvalue weighted by atomic mass is 14.8. The van der Waals surface area contributed by atoms with Crippen molar-refractivity contribution in [1.82, 2.24) is 15.0 Å². The predicted molar refractivity (Wildman–Crippen MR) is 106 cm³/mol. The molecule has 0 saturated heterocycles. The van der Waals surface area contributed by atoms with Crippen LogP contribution in [0, 0.1) is 0 Å². The van der Waals surface area contributed by atoms with Gasteiger partial charge in [-0.2, -0.15) is 0 Å². The molecule has 3 heteroatoms. The average Bonchev–Trinajstić information content (AvgIpc) is 3.25. The van der Waals surface area contributed by atoms with Crippen molar-refractivity contribution >= 4 is 0 Å². The molecular formula is C23H21N3. The van der Waals surface area contributed by atoms with Crippen molar-refractivity contribution in [2.24, 2.45) is 0 Å². The van der Waals surface area contributed by atoms with Gasteiger partial charge in [-0.05, 0) is 48.0 Å². The Morgan fingerprint density at radius 2 is 1.58 bits per heavy atom. The van der Waals surface area contributed by atoms with Gasteiger partial charge in [-0.25, -0.2) is 4.98 Å². The van der Waals surface area contributed by atoms with Gasteiger partial charge in [0.15, 0.2) is 0 Å². The second-order valence-corrected chi connectivity index (χ2v) is 6.91. The van der Waals surface area contributed by atoms with Gasteiger partial charge >= 0.3 is 0 Å². The molecule has 0 unspecified atom stereocenters. The molecule has 3 heterocycles. The molecular weight excluding hydrogens is 318 g/mol. The Bertz CT molecular complexity index is 1000. The van der Waals surface area contributed by atoms with Crippen LogP contribution in [-0.2, 0) is 5.41 Å². The van der Waals surface area contributed by atoms with Gasteiger partial charge in [-0.1, -0.05) is 44.2 Å². The molecule has 0 saturated carbocycles. The molecule has 26 heavy (non-hydrogen) atoms. The first kappa shape index (κ1) is 16.3. The molecule has 0 aliphatic carbocycles. The second-order valence-electron chi connectivity index (χ2n) is 6.91. The minimum atomic E-state index is -0.0991. The second kappa shape index (κ2) is 6.60. The number of hydrogen-bond acceptors (Lipinski definition) is 2. The van der Waals surface area contributed by atoms with Crippen LogP contribution in [0.5, 0.6) is 0 Å². The number of aromatic nitrogens is 3. The maximum Gasteiger partial charge on any atom is 0.0893 e. The van der Waals surface area contributed by atoms with E-state index < -0.39 is 0 Å². The summed E-state index contributed by atoms with van der Waals surface area (Å²) < 4.78 is 0. The summed E-state index contributed by atoms with van der Waals surface area (Å²) in [4.78, 5) is 12.6. The summed E-state index contributed by atoms with van der Waals surface area (Å²) in [5, 5.41) is 0. The zero-order chi connectivity index (χ0) is 18.0. The zero-order valence-corrected chi connectivity index (χ0v) is 15.0. The smallest absolute Gasteiger partial charge is 0.0893 e. The highest BCUT2D eigenvalue weighted by Gasteiger charge is 2.24. The Labute approximate surface area is 153 Å². The van der Waals surface area contributed by atoms with Crippen LogP contribution in [-0.4, -0.2) is 15.0 Å². The zero-order valence-electron chi connectivity index (χ0n) is 15.0. The van der Waals surface area contributed by atoms with Crippen molar-refractivity contribution < 1.29 is 0 Å². The average molecular weight is 339 g/mol. The summed E-state index contributed by atoms with van der Waals surface area (Å²) >= 11 is 0. The van der Waals surface area contributed by atoms with E-state index in [1.54, 1.807) is 6.20 Å². The largest absolute Gasteiger partial charge is 0.364 e. The van der Waals surface area contributed by atoms with E-state index in [0.717, 1.165) is 22.6 Å². The van der Waals surface area contributed by atoms with Crippen LogP contribution >= 0.6 is 0 Å². The van der Waals surface area contributed by atoms with Crippen molar-refractivity contribution in [3.8, 4) is 22.6 Å². The third kappa shape index (κ3) is 3.04. The monoisotopic (exact) mass is 339 g/mol. The standard InChI is InChI=1S/C23H21N3/c1-23(2,22-13-7-15-25-22)18-9-5-8-17(16-18)19-11-6-12-21(26-19)20-10-3-4-14-24-20/h3-16,25H,1-2H3. The van der Waals surface area contributed by atoms with E-state index in [4.69, 9.17) is 4.98 Å². The summed E-state index contributed by atoms with van der Waals surface area (Å²) in [6.07, 6.45) is 3.77. The number of nitrogens with zero attached hydrogens (tertiary/aromatic N) is 2. The molecule has 0 fully saturated rings. The lowest BCUT2D eigenvalue weighted by molar-refractivity contribution is 0.621. The third-order valence-corrected chi connectivity index (χ3v) is 4.83. The van der Waals surface area contributed by atoms with Gasteiger partial charge in [-0.3, -0.25) is 4.98 Å². The number of hydrogen-bond donors (Lipinski definition) is 1. The SMILES string of the molecule is CC(C)(c1cccc(-c2cccc(-c3ccccn3)n2)c1)c1ccc[nH]1. The first-order chi connectivity index (χ1) is 12.6. The number of pyridine rings is 2. The van der Waals surface area contributed by atoms with E-state index in [9.17, 15) is 0 Å². The van der Waals surface area contributed by atoms with Gasteiger partial charge in [0.05, 0.1) is 17.1 Å². The highest BCUT2D eigenvalue weighted by molar-refractivity contribution is 5.65.